The van der Waals surface area contributed by atoms with E-state index in [0.29, 0.717) is 5.69 Å². The first-order chi connectivity index (χ1) is 9.99. The fourth-order valence-corrected chi connectivity index (χ4v) is 3.33. The highest BCUT2D eigenvalue weighted by molar-refractivity contribution is 7.89. The highest BCUT2D eigenvalue weighted by atomic mass is 32.2. The van der Waals surface area contributed by atoms with Gasteiger partial charge in [-0.15, -0.1) is 0 Å². The van der Waals surface area contributed by atoms with Gasteiger partial charge in [-0.25, -0.2) is 13.1 Å². The van der Waals surface area contributed by atoms with Crippen molar-refractivity contribution in [1.29, 1.82) is 0 Å². The van der Waals surface area contributed by atoms with Gasteiger partial charge in [0.2, 0.25) is 10.0 Å². The number of rotatable bonds is 7. The van der Waals surface area contributed by atoms with E-state index in [9.17, 15) is 8.42 Å². The van der Waals surface area contributed by atoms with Crippen molar-refractivity contribution in [3.63, 3.8) is 0 Å². The highest BCUT2D eigenvalue weighted by Gasteiger charge is 2.30. The predicted octanol–water partition coefficient (Wildman–Crippen LogP) is 1.80. The summed E-state index contributed by atoms with van der Waals surface area (Å²) in [5.74, 6) is 1.49. The molecule has 1 aromatic carbocycles. The van der Waals surface area contributed by atoms with E-state index in [1.54, 1.807) is 18.2 Å². The fraction of sp³-hybridized carbons (Fsp3) is 0.600. The summed E-state index contributed by atoms with van der Waals surface area (Å²) in [5.41, 5.74) is 7.63. The summed E-state index contributed by atoms with van der Waals surface area (Å²) in [5, 5.41) is 0. The van der Waals surface area contributed by atoms with Crippen LogP contribution in [0.2, 0.25) is 0 Å². The molecule has 2 saturated carbocycles. The molecule has 0 aliphatic heterocycles. The van der Waals surface area contributed by atoms with E-state index in [0.717, 1.165) is 30.6 Å². The minimum Gasteiger partial charge on any atom is -0.397 e. The van der Waals surface area contributed by atoms with Gasteiger partial charge in [-0.05, 0) is 62.8 Å². The first-order valence-corrected chi connectivity index (χ1v) is 9.06. The van der Waals surface area contributed by atoms with Crippen LogP contribution < -0.4 is 15.4 Å². The summed E-state index contributed by atoms with van der Waals surface area (Å²) >= 11 is 0. The number of sulfonamides is 1. The number of hydrogen-bond donors (Lipinski definition) is 2. The van der Waals surface area contributed by atoms with Gasteiger partial charge in [-0.1, -0.05) is 0 Å². The molecule has 0 saturated heterocycles. The van der Waals surface area contributed by atoms with Crippen LogP contribution in [0.3, 0.4) is 0 Å². The fourth-order valence-electron chi connectivity index (χ4n) is 2.58. The number of nitrogens with one attached hydrogen (secondary N) is 1. The van der Waals surface area contributed by atoms with Gasteiger partial charge >= 0.3 is 0 Å². The molecule has 2 fully saturated rings. The number of nitrogens with two attached hydrogens (primary N) is 1. The highest BCUT2D eigenvalue weighted by Crippen LogP contribution is 2.37. The predicted molar refractivity (Wildman–Crippen MR) is 84.8 cm³/mol. The van der Waals surface area contributed by atoms with Crippen molar-refractivity contribution >= 4 is 21.4 Å². The first-order valence-electron chi connectivity index (χ1n) is 7.57. The molecular formula is C15H23N3O2S. The molecular weight excluding hydrogens is 286 g/mol. The van der Waals surface area contributed by atoms with Gasteiger partial charge in [-0.3, -0.25) is 0 Å². The zero-order valence-corrected chi connectivity index (χ0v) is 13.2. The van der Waals surface area contributed by atoms with Crippen molar-refractivity contribution < 1.29 is 8.42 Å². The molecule has 3 rings (SSSR count). The molecule has 2 aliphatic rings. The topological polar surface area (TPSA) is 75.4 Å². The Bertz CT molecular complexity index is 608. The van der Waals surface area contributed by atoms with Crippen LogP contribution in [-0.2, 0) is 10.0 Å². The van der Waals surface area contributed by atoms with Crippen molar-refractivity contribution in [2.45, 2.75) is 30.6 Å². The van der Waals surface area contributed by atoms with E-state index in [4.69, 9.17) is 5.73 Å². The summed E-state index contributed by atoms with van der Waals surface area (Å²) in [6, 6.07) is 4.98. The van der Waals surface area contributed by atoms with Crippen LogP contribution >= 0.6 is 0 Å². The molecule has 0 heterocycles. The van der Waals surface area contributed by atoms with E-state index in [-0.39, 0.29) is 4.90 Å². The van der Waals surface area contributed by atoms with Crippen molar-refractivity contribution in [3.05, 3.63) is 18.2 Å². The average molecular weight is 309 g/mol. The lowest BCUT2D eigenvalue weighted by atomic mass is 10.2. The van der Waals surface area contributed by atoms with Crippen molar-refractivity contribution in [2.24, 2.45) is 11.8 Å². The third-order valence-electron chi connectivity index (χ3n) is 4.27. The third kappa shape index (κ3) is 3.49. The number of hydrogen-bond acceptors (Lipinski definition) is 4. The van der Waals surface area contributed by atoms with Crippen molar-refractivity contribution in [3.8, 4) is 0 Å². The van der Waals surface area contributed by atoms with E-state index >= 15 is 0 Å². The monoisotopic (exact) mass is 309 g/mol. The Kier molecular flexibility index (Phi) is 3.84. The molecule has 3 N–H and O–H groups in total. The molecule has 2 aliphatic carbocycles. The lowest BCUT2D eigenvalue weighted by molar-refractivity contribution is 0.588. The molecule has 21 heavy (non-hydrogen) atoms. The molecule has 0 radical (unpaired) electrons. The quantitative estimate of drug-likeness (QED) is 0.753. The second kappa shape index (κ2) is 5.50. The molecule has 0 atom stereocenters. The summed E-state index contributed by atoms with van der Waals surface area (Å²) < 4.78 is 26.3. The molecule has 0 bridgehead atoms. The van der Waals surface area contributed by atoms with Crippen molar-refractivity contribution in [2.75, 3.05) is 30.8 Å². The Balaban J connectivity index is 1.90. The molecule has 5 nitrogen and oxygen atoms in total. The second-order valence-electron chi connectivity index (χ2n) is 6.22. The molecule has 6 heteroatoms. The molecule has 0 amide bonds. The van der Waals surface area contributed by atoms with E-state index in [1.807, 2.05) is 0 Å². The van der Waals surface area contributed by atoms with E-state index in [2.05, 4.69) is 9.62 Å². The smallest absolute Gasteiger partial charge is 0.240 e. The zero-order chi connectivity index (χ0) is 15.0. The van der Waals surface area contributed by atoms with Crippen LogP contribution in [0.15, 0.2) is 23.1 Å². The Labute approximate surface area is 126 Å². The van der Waals surface area contributed by atoms with Crippen molar-refractivity contribution in [1.82, 2.24) is 4.72 Å². The number of anilines is 2. The van der Waals surface area contributed by atoms with Crippen LogP contribution in [0.25, 0.3) is 0 Å². The van der Waals surface area contributed by atoms with Crippen LogP contribution in [-0.4, -0.2) is 28.6 Å². The van der Waals surface area contributed by atoms with Gasteiger partial charge in [0, 0.05) is 13.1 Å². The Hall–Kier alpha value is -1.27. The number of nitrogen functional groups attached to an aromatic ring is 1. The maximum Gasteiger partial charge on any atom is 0.240 e. The molecule has 116 valence electrons. The van der Waals surface area contributed by atoms with Crippen LogP contribution in [0.5, 0.6) is 0 Å². The van der Waals surface area contributed by atoms with Gasteiger partial charge in [-0.2, -0.15) is 0 Å². The average Bonchev–Trinajstić information content (AvgIpc) is 3.34. The van der Waals surface area contributed by atoms with E-state index < -0.39 is 10.0 Å². The van der Waals surface area contributed by atoms with Crippen LogP contribution in [0.4, 0.5) is 11.4 Å². The SMILES string of the molecule is CNS(=O)(=O)c1ccc(N)c(N(CC2CC2)CC2CC2)c1. The Morgan fingerprint density at radius 2 is 1.76 bits per heavy atom. The molecule has 0 spiro atoms. The normalized spacial score (nSPS) is 18.7. The van der Waals surface area contributed by atoms with Crippen LogP contribution in [0.1, 0.15) is 25.7 Å². The largest absolute Gasteiger partial charge is 0.397 e. The minimum absolute atomic E-state index is 0.283. The van der Waals surface area contributed by atoms with Gasteiger partial charge in [0.25, 0.3) is 0 Å². The molecule has 1 aromatic rings. The second-order valence-corrected chi connectivity index (χ2v) is 8.11. The Morgan fingerprint density at radius 1 is 1.19 bits per heavy atom. The maximum absolute atomic E-state index is 12.0. The summed E-state index contributed by atoms with van der Waals surface area (Å²) in [6.07, 6.45) is 5.09. The van der Waals surface area contributed by atoms with Gasteiger partial charge < -0.3 is 10.6 Å². The maximum atomic E-state index is 12.0. The lowest BCUT2D eigenvalue weighted by Gasteiger charge is -2.26. The molecule has 0 aromatic heterocycles. The Morgan fingerprint density at radius 3 is 2.24 bits per heavy atom. The minimum atomic E-state index is -3.43. The van der Waals surface area contributed by atoms with Gasteiger partial charge in [0.15, 0.2) is 0 Å². The number of nitrogens with zero attached hydrogens (tertiary/aromatic N) is 1. The summed E-state index contributed by atoms with van der Waals surface area (Å²) in [4.78, 5) is 2.57. The van der Waals surface area contributed by atoms with Gasteiger partial charge in [0.05, 0.1) is 16.3 Å². The summed E-state index contributed by atoms with van der Waals surface area (Å²) in [7, 11) is -2.00. The van der Waals surface area contributed by atoms with Gasteiger partial charge in [0.1, 0.15) is 0 Å². The standard InChI is InChI=1S/C15H23N3O2S/c1-17-21(19,20)13-6-7-14(16)15(8-13)18(9-11-2-3-11)10-12-4-5-12/h6-8,11-12,17H,2-5,9-10,16H2,1H3. The number of benzene rings is 1. The third-order valence-corrected chi connectivity index (χ3v) is 5.68. The summed E-state index contributed by atoms with van der Waals surface area (Å²) in [6.45, 7) is 1.98. The van der Waals surface area contributed by atoms with E-state index in [1.165, 1.54) is 32.7 Å². The lowest BCUT2D eigenvalue weighted by Crippen LogP contribution is -2.29. The first kappa shape index (κ1) is 14.7. The molecule has 0 unspecified atom stereocenters. The zero-order valence-electron chi connectivity index (χ0n) is 12.4. The van der Waals surface area contributed by atoms with Crippen LogP contribution in [0, 0.1) is 11.8 Å².